The zero-order chi connectivity index (χ0) is 17.1. The lowest BCUT2D eigenvalue weighted by molar-refractivity contribution is -0.402. The minimum Gasteiger partial charge on any atom is -0.401 e. The molecule has 9 heteroatoms. The molecule has 0 atom stereocenters. The third kappa shape index (κ3) is 3.35. The van der Waals surface area contributed by atoms with Crippen LogP contribution in [0.25, 0.3) is 11.8 Å². The number of hydrogen-bond acceptors (Lipinski definition) is 7. The molecule has 1 aromatic carbocycles. The number of rotatable bonds is 5. The average Bonchev–Trinajstić information content (AvgIpc) is 3.17. The topological polar surface area (TPSA) is 99.9 Å². The molecule has 2 heterocycles. The summed E-state index contributed by atoms with van der Waals surface area (Å²) < 4.78 is 6.70. The molecule has 0 saturated heterocycles. The molecule has 3 aromatic rings. The predicted octanol–water partition coefficient (Wildman–Crippen LogP) is 3.54. The Kier molecular flexibility index (Phi) is 4.43. The van der Waals surface area contributed by atoms with Crippen LogP contribution in [-0.2, 0) is 0 Å². The van der Waals surface area contributed by atoms with Gasteiger partial charge >= 0.3 is 5.88 Å². The normalized spacial score (nSPS) is 11.2. The van der Waals surface area contributed by atoms with Crippen LogP contribution >= 0.6 is 11.8 Å². The van der Waals surface area contributed by atoms with Gasteiger partial charge in [0.2, 0.25) is 5.16 Å². The summed E-state index contributed by atoms with van der Waals surface area (Å²) in [6.07, 6.45) is 1.62. The Morgan fingerprint density at radius 1 is 1.29 bits per heavy atom. The number of benzene rings is 1. The van der Waals surface area contributed by atoms with E-state index >= 15 is 0 Å². The summed E-state index contributed by atoms with van der Waals surface area (Å²) in [6, 6.07) is 8.86. The van der Waals surface area contributed by atoms with Crippen LogP contribution in [0.2, 0.25) is 0 Å². The summed E-state index contributed by atoms with van der Waals surface area (Å²) in [5.41, 5.74) is 3.13. The molecular formula is C15H13N5O3S. The van der Waals surface area contributed by atoms with E-state index in [0.29, 0.717) is 10.9 Å². The van der Waals surface area contributed by atoms with Gasteiger partial charge in [-0.05, 0) is 53.5 Å². The standard InChI is InChI=1S/C15H13N5O3S/c1-10-3-5-13(11(2)9-10)19-15(16-17-18-19)24-8-7-12-4-6-14(23-12)20(21)22/h3-9H,1-2H3/b8-7+. The van der Waals surface area contributed by atoms with E-state index in [1.807, 2.05) is 26.0 Å². The first-order valence-electron chi connectivity index (χ1n) is 6.98. The van der Waals surface area contributed by atoms with Crippen molar-refractivity contribution in [3.63, 3.8) is 0 Å². The molecule has 0 fully saturated rings. The van der Waals surface area contributed by atoms with Gasteiger partial charge in [0, 0.05) is 0 Å². The number of aryl methyl sites for hydroxylation is 2. The lowest BCUT2D eigenvalue weighted by Gasteiger charge is -2.07. The lowest BCUT2D eigenvalue weighted by Crippen LogP contribution is -2.01. The molecular weight excluding hydrogens is 330 g/mol. The minimum absolute atomic E-state index is 0.292. The maximum Gasteiger partial charge on any atom is 0.433 e. The predicted molar refractivity (Wildman–Crippen MR) is 88.9 cm³/mol. The Morgan fingerprint density at radius 3 is 2.83 bits per heavy atom. The Bertz CT molecular complexity index is 915. The van der Waals surface area contributed by atoms with Gasteiger partial charge in [0.15, 0.2) is 0 Å². The molecule has 0 aliphatic rings. The number of nitrogens with zero attached hydrogens (tertiary/aromatic N) is 5. The number of hydrogen-bond donors (Lipinski definition) is 0. The van der Waals surface area contributed by atoms with Crippen molar-refractivity contribution in [2.75, 3.05) is 0 Å². The first-order valence-corrected chi connectivity index (χ1v) is 7.86. The Morgan fingerprint density at radius 2 is 2.12 bits per heavy atom. The van der Waals surface area contributed by atoms with Gasteiger partial charge in [-0.25, -0.2) is 0 Å². The highest BCUT2D eigenvalue weighted by molar-refractivity contribution is 8.02. The van der Waals surface area contributed by atoms with Crippen molar-refractivity contribution in [1.29, 1.82) is 0 Å². The molecule has 0 aliphatic carbocycles. The number of thioether (sulfide) groups is 1. The summed E-state index contributed by atoms with van der Waals surface area (Å²) in [7, 11) is 0. The van der Waals surface area contributed by atoms with E-state index < -0.39 is 4.92 Å². The van der Waals surface area contributed by atoms with E-state index in [-0.39, 0.29) is 5.88 Å². The average molecular weight is 343 g/mol. The van der Waals surface area contributed by atoms with Crippen LogP contribution in [-0.4, -0.2) is 25.1 Å². The van der Waals surface area contributed by atoms with Gasteiger partial charge in [-0.3, -0.25) is 10.1 Å². The van der Waals surface area contributed by atoms with Gasteiger partial charge in [0.05, 0.1) is 11.8 Å². The van der Waals surface area contributed by atoms with E-state index in [4.69, 9.17) is 4.42 Å². The van der Waals surface area contributed by atoms with Crippen LogP contribution in [0.4, 0.5) is 5.88 Å². The zero-order valence-electron chi connectivity index (χ0n) is 12.9. The summed E-state index contributed by atoms with van der Waals surface area (Å²) >= 11 is 1.29. The van der Waals surface area contributed by atoms with Crippen molar-refractivity contribution in [3.05, 3.63) is 62.7 Å². The van der Waals surface area contributed by atoms with Gasteiger partial charge in [0.1, 0.15) is 10.7 Å². The number of tetrazole rings is 1. The number of nitro groups is 1. The maximum atomic E-state index is 10.6. The van der Waals surface area contributed by atoms with Gasteiger partial charge in [-0.15, -0.1) is 5.10 Å². The van der Waals surface area contributed by atoms with Gasteiger partial charge < -0.3 is 4.42 Å². The third-order valence-electron chi connectivity index (χ3n) is 3.22. The van der Waals surface area contributed by atoms with Gasteiger partial charge in [-0.1, -0.05) is 29.5 Å². The van der Waals surface area contributed by atoms with E-state index in [1.54, 1.807) is 16.2 Å². The first kappa shape index (κ1) is 15.9. The molecule has 0 amide bonds. The highest BCUT2D eigenvalue weighted by atomic mass is 32.2. The molecule has 2 aromatic heterocycles. The molecule has 0 aliphatic heterocycles. The van der Waals surface area contributed by atoms with E-state index in [1.165, 1.54) is 23.9 Å². The molecule has 0 bridgehead atoms. The third-order valence-corrected chi connectivity index (χ3v) is 3.96. The smallest absolute Gasteiger partial charge is 0.401 e. The number of aromatic nitrogens is 4. The Labute approximate surface area is 141 Å². The van der Waals surface area contributed by atoms with Gasteiger partial charge in [-0.2, -0.15) is 4.68 Å². The molecule has 122 valence electrons. The largest absolute Gasteiger partial charge is 0.433 e. The summed E-state index contributed by atoms with van der Waals surface area (Å²) in [5, 5.41) is 24.6. The minimum atomic E-state index is -0.578. The quantitative estimate of drug-likeness (QED) is 0.397. The van der Waals surface area contributed by atoms with Crippen LogP contribution in [0.3, 0.4) is 0 Å². The van der Waals surface area contributed by atoms with E-state index in [9.17, 15) is 10.1 Å². The summed E-state index contributed by atoms with van der Waals surface area (Å²) in [6.45, 7) is 4.02. The molecule has 0 radical (unpaired) electrons. The molecule has 0 spiro atoms. The first-order chi connectivity index (χ1) is 11.5. The fourth-order valence-corrected chi connectivity index (χ4v) is 2.78. The second-order valence-electron chi connectivity index (χ2n) is 5.02. The van der Waals surface area contributed by atoms with E-state index in [2.05, 4.69) is 21.6 Å². The van der Waals surface area contributed by atoms with Crippen molar-refractivity contribution in [1.82, 2.24) is 20.2 Å². The molecule has 24 heavy (non-hydrogen) atoms. The highest BCUT2D eigenvalue weighted by Gasteiger charge is 2.11. The Hall–Kier alpha value is -2.94. The second-order valence-corrected chi connectivity index (χ2v) is 5.89. The fraction of sp³-hybridized carbons (Fsp3) is 0.133. The number of furan rings is 1. The molecule has 0 unspecified atom stereocenters. The van der Waals surface area contributed by atoms with Crippen LogP contribution in [0, 0.1) is 24.0 Å². The fourth-order valence-electron chi connectivity index (χ4n) is 2.14. The molecule has 3 rings (SSSR count). The van der Waals surface area contributed by atoms with Crippen LogP contribution in [0.1, 0.15) is 16.9 Å². The van der Waals surface area contributed by atoms with Crippen LogP contribution in [0.5, 0.6) is 0 Å². The monoisotopic (exact) mass is 343 g/mol. The molecule has 0 saturated carbocycles. The summed E-state index contributed by atoms with van der Waals surface area (Å²) in [5.74, 6) is 0.0968. The maximum absolute atomic E-state index is 10.6. The summed E-state index contributed by atoms with van der Waals surface area (Å²) in [4.78, 5) is 10.0. The Balaban J connectivity index is 1.78. The van der Waals surface area contributed by atoms with Crippen LogP contribution in [0.15, 0.2) is 45.3 Å². The van der Waals surface area contributed by atoms with Crippen molar-refractivity contribution in [3.8, 4) is 5.69 Å². The highest BCUT2D eigenvalue weighted by Crippen LogP contribution is 2.24. The van der Waals surface area contributed by atoms with Crippen LogP contribution < -0.4 is 0 Å². The van der Waals surface area contributed by atoms with Gasteiger partial charge in [0.25, 0.3) is 0 Å². The molecule has 0 N–H and O–H groups in total. The molecule has 8 nitrogen and oxygen atoms in total. The van der Waals surface area contributed by atoms with E-state index in [0.717, 1.165) is 16.8 Å². The van der Waals surface area contributed by atoms with Crippen molar-refractivity contribution < 1.29 is 9.34 Å². The van der Waals surface area contributed by atoms with Crippen molar-refractivity contribution in [2.24, 2.45) is 0 Å². The lowest BCUT2D eigenvalue weighted by atomic mass is 10.1. The zero-order valence-corrected chi connectivity index (χ0v) is 13.7. The van der Waals surface area contributed by atoms with Crippen molar-refractivity contribution in [2.45, 2.75) is 19.0 Å². The SMILES string of the molecule is Cc1ccc(-n2nnnc2S/C=C/c2ccc([N+](=O)[O-])o2)c(C)c1. The van der Waals surface area contributed by atoms with Crippen molar-refractivity contribution >= 4 is 23.7 Å². The second kappa shape index (κ2) is 6.67.